The van der Waals surface area contributed by atoms with Crippen LogP contribution in [0.4, 0.5) is 10.1 Å². The molecule has 1 aromatic carbocycles. The molecular weight excluding hydrogens is 385 g/mol. The predicted octanol–water partition coefficient (Wildman–Crippen LogP) is 1.37. The van der Waals surface area contributed by atoms with Gasteiger partial charge in [-0.3, -0.25) is 14.5 Å². The normalized spacial score (nSPS) is 18.4. The second-order valence-electron chi connectivity index (χ2n) is 7.73. The first-order chi connectivity index (χ1) is 13.1. The average Bonchev–Trinajstić information content (AvgIpc) is 2.91. The first-order valence-electron chi connectivity index (χ1n) is 9.29. The first-order valence-corrected chi connectivity index (χ1v) is 11.1. The minimum Gasteiger partial charge on any atom is -0.337 e. The molecule has 9 heteroatoms. The van der Waals surface area contributed by atoms with Gasteiger partial charge in [-0.1, -0.05) is 19.9 Å². The molecule has 0 bridgehead atoms. The molecule has 0 radical (unpaired) electrons. The summed E-state index contributed by atoms with van der Waals surface area (Å²) in [6.45, 7) is 4.38. The second kappa shape index (κ2) is 9.47. The third-order valence-corrected chi connectivity index (χ3v) is 6.21. The number of carbonyl (C=O) groups is 2. The van der Waals surface area contributed by atoms with Crippen molar-refractivity contribution in [3.63, 3.8) is 0 Å². The number of rotatable bonds is 8. The minimum atomic E-state index is -3.10. The summed E-state index contributed by atoms with van der Waals surface area (Å²) in [5.41, 5.74) is 0.349. The zero-order valence-electron chi connectivity index (χ0n) is 16.5. The van der Waals surface area contributed by atoms with Gasteiger partial charge in [0.15, 0.2) is 9.84 Å². The lowest BCUT2D eigenvalue weighted by Gasteiger charge is -2.31. The molecule has 1 saturated heterocycles. The number of hydrogen-bond donors (Lipinski definition) is 1. The van der Waals surface area contributed by atoms with Crippen LogP contribution in [0.25, 0.3) is 0 Å². The number of carbonyl (C=O) groups excluding carboxylic acids is 2. The highest BCUT2D eigenvalue weighted by molar-refractivity contribution is 7.91. The lowest BCUT2D eigenvalue weighted by molar-refractivity contribution is -0.134. The van der Waals surface area contributed by atoms with E-state index in [1.807, 2.05) is 13.8 Å². The number of hydrogen-bond acceptors (Lipinski definition) is 5. The van der Waals surface area contributed by atoms with E-state index in [9.17, 15) is 22.4 Å². The number of nitrogens with zero attached hydrogens (tertiary/aromatic N) is 2. The Morgan fingerprint density at radius 1 is 1.29 bits per heavy atom. The third kappa shape index (κ3) is 6.87. The van der Waals surface area contributed by atoms with Crippen molar-refractivity contribution in [1.82, 2.24) is 9.80 Å². The van der Waals surface area contributed by atoms with Crippen LogP contribution in [0.3, 0.4) is 0 Å². The molecule has 1 atom stereocenters. The topological polar surface area (TPSA) is 86.8 Å². The van der Waals surface area contributed by atoms with E-state index in [2.05, 4.69) is 5.32 Å². The summed E-state index contributed by atoms with van der Waals surface area (Å²) < 4.78 is 36.8. The van der Waals surface area contributed by atoms with Gasteiger partial charge in [-0.05, 0) is 37.6 Å². The van der Waals surface area contributed by atoms with E-state index in [4.69, 9.17) is 0 Å². The summed E-state index contributed by atoms with van der Waals surface area (Å²) >= 11 is 0. The van der Waals surface area contributed by atoms with Crippen molar-refractivity contribution in [2.75, 3.05) is 43.5 Å². The molecule has 1 fully saturated rings. The molecule has 1 heterocycles. The maximum Gasteiger partial charge on any atom is 0.238 e. The van der Waals surface area contributed by atoms with Crippen LogP contribution in [0.2, 0.25) is 0 Å². The number of likely N-dealkylation sites (N-methyl/N-ethyl adjacent to an activating group) is 1. The van der Waals surface area contributed by atoms with Crippen LogP contribution in [-0.4, -0.2) is 74.3 Å². The first kappa shape index (κ1) is 22.3. The van der Waals surface area contributed by atoms with Gasteiger partial charge in [-0.15, -0.1) is 0 Å². The van der Waals surface area contributed by atoms with Crippen molar-refractivity contribution in [2.45, 2.75) is 26.3 Å². The second-order valence-corrected chi connectivity index (χ2v) is 9.96. The van der Waals surface area contributed by atoms with Gasteiger partial charge in [0.2, 0.25) is 11.8 Å². The van der Waals surface area contributed by atoms with Crippen LogP contribution in [-0.2, 0) is 19.4 Å². The summed E-state index contributed by atoms with van der Waals surface area (Å²) in [7, 11) is -1.46. The molecule has 1 N–H and O–H groups in total. The van der Waals surface area contributed by atoms with Crippen molar-refractivity contribution in [2.24, 2.45) is 5.92 Å². The summed E-state index contributed by atoms with van der Waals surface area (Å²) in [4.78, 5) is 28.1. The van der Waals surface area contributed by atoms with E-state index in [1.165, 1.54) is 18.2 Å². The highest BCUT2D eigenvalue weighted by atomic mass is 32.2. The fourth-order valence-electron chi connectivity index (χ4n) is 3.26. The Hall–Kier alpha value is -2.00. The monoisotopic (exact) mass is 413 g/mol. The Kier molecular flexibility index (Phi) is 7.54. The Bertz CT molecular complexity index is 813. The molecule has 0 aromatic heterocycles. The van der Waals surface area contributed by atoms with E-state index in [-0.39, 0.29) is 48.4 Å². The molecule has 1 aliphatic rings. The van der Waals surface area contributed by atoms with Crippen LogP contribution < -0.4 is 5.32 Å². The number of anilines is 1. The van der Waals surface area contributed by atoms with E-state index in [0.29, 0.717) is 18.7 Å². The average molecular weight is 414 g/mol. The molecule has 1 aliphatic heterocycles. The van der Waals surface area contributed by atoms with Gasteiger partial charge in [0, 0.05) is 18.3 Å². The highest BCUT2D eigenvalue weighted by Crippen LogP contribution is 2.19. The zero-order chi connectivity index (χ0) is 20.9. The van der Waals surface area contributed by atoms with E-state index < -0.39 is 15.7 Å². The quantitative estimate of drug-likeness (QED) is 0.696. The van der Waals surface area contributed by atoms with Gasteiger partial charge in [0.25, 0.3) is 0 Å². The van der Waals surface area contributed by atoms with Gasteiger partial charge >= 0.3 is 0 Å². The third-order valence-electron chi connectivity index (χ3n) is 4.46. The Morgan fingerprint density at radius 2 is 2.00 bits per heavy atom. The van der Waals surface area contributed by atoms with Crippen molar-refractivity contribution >= 4 is 27.3 Å². The lowest BCUT2D eigenvalue weighted by atomic mass is 10.1. The predicted molar refractivity (Wildman–Crippen MR) is 106 cm³/mol. The van der Waals surface area contributed by atoms with Crippen LogP contribution in [0.1, 0.15) is 20.3 Å². The minimum absolute atomic E-state index is 0.000160. The Labute approximate surface area is 165 Å². The van der Waals surface area contributed by atoms with Gasteiger partial charge < -0.3 is 10.2 Å². The highest BCUT2D eigenvalue weighted by Gasteiger charge is 2.35. The maximum absolute atomic E-state index is 13.2. The van der Waals surface area contributed by atoms with Crippen molar-refractivity contribution in [3.05, 3.63) is 30.1 Å². The molecule has 0 spiro atoms. The number of benzene rings is 1. The summed E-state index contributed by atoms with van der Waals surface area (Å²) in [5.74, 6) is -0.705. The molecule has 156 valence electrons. The van der Waals surface area contributed by atoms with E-state index in [1.54, 1.807) is 22.9 Å². The zero-order valence-corrected chi connectivity index (χ0v) is 17.3. The van der Waals surface area contributed by atoms with Crippen LogP contribution >= 0.6 is 0 Å². The summed E-state index contributed by atoms with van der Waals surface area (Å²) in [6.07, 6.45) is 0.449. The SMILES string of the molecule is CC(C)CN(C(=O)CN(C)CC(=O)Nc1cccc(F)c1)[C@@H]1CCS(=O)(=O)C1. The molecule has 2 amide bonds. The number of halogens is 1. The van der Waals surface area contributed by atoms with Crippen LogP contribution in [0.15, 0.2) is 24.3 Å². The molecule has 28 heavy (non-hydrogen) atoms. The number of amides is 2. The largest absolute Gasteiger partial charge is 0.337 e. The molecule has 2 rings (SSSR count). The standard InChI is InChI=1S/C19H28FN3O4S/c1-14(2)10-23(17-7-8-28(26,27)13-17)19(25)12-22(3)11-18(24)21-16-6-4-5-15(20)9-16/h4-6,9,14,17H,7-8,10-13H2,1-3H3,(H,21,24)/t17-/m1/s1. The Morgan fingerprint density at radius 3 is 2.57 bits per heavy atom. The summed E-state index contributed by atoms with van der Waals surface area (Å²) in [6, 6.07) is 5.27. The van der Waals surface area contributed by atoms with Crippen molar-refractivity contribution < 1.29 is 22.4 Å². The molecule has 0 saturated carbocycles. The smallest absolute Gasteiger partial charge is 0.238 e. The van der Waals surface area contributed by atoms with Crippen molar-refractivity contribution in [1.29, 1.82) is 0 Å². The van der Waals surface area contributed by atoms with Crippen LogP contribution in [0, 0.1) is 11.7 Å². The van der Waals surface area contributed by atoms with Gasteiger partial charge in [-0.2, -0.15) is 0 Å². The maximum atomic E-state index is 13.2. The fraction of sp³-hybridized carbons (Fsp3) is 0.579. The molecular formula is C19H28FN3O4S. The fourth-order valence-corrected chi connectivity index (χ4v) is 4.99. The molecule has 0 unspecified atom stereocenters. The summed E-state index contributed by atoms with van der Waals surface area (Å²) in [5, 5.41) is 2.59. The molecule has 1 aromatic rings. The Balaban J connectivity index is 1.93. The lowest BCUT2D eigenvalue weighted by Crippen LogP contribution is -2.48. The molecule has 7 nitrogen and oxygen atoms in total. The number of nitrogens with one attached hydrogen (secondary N) is 1. The van der Waals surface area contributed by atoms with Gasteiger partial charge in [0.1, 0.15) is 5.82 Å². The van der Waals surface area contributed by atoms with Crippen LogP contribution in [0.5, 0.6) is 0 Å². The molecule has 0 aliphatic carbocycles. The van der Waals surface area contributed by atoms with Crippen molar-refractivity contribution in [3.8, 4) is 0 Å². The number of sulfone groups is 1. The van der Waals surface area contributed by atoms with Gasteiger partial charge in [0.05, 0.1) is 24.6 Å². The van der Waals surface area contributed by atoms with E-state index >= 15 is 0 Å². The van der Waals surface area contributed by atoms with Gasteiger partial charge in [-0.25, -0.2) is 12.8 Å². The van der Waals surface area contributed by atoms with E-state index in [0.717, 1.165) is 0 Å².